The van der Waals surface area contributed by atoms with Crippen LogP contribution in [0.3, 0.4) is 0 Å². The average molecular weight is 251 g/mol. The molecule has 0 saturated carbocycles. The standard InChI is InChI=1S/C12H11ClN2O2/c1-7-5-3-4-6-9(7)15-11(13)10(12(16)17)8(2)14-15/h3-6H,1-2H3,(H,16,17). The Balaban J connectivity index is 2.66. The van der Waals surface area contributed by atoms with Gasteiger partial charge in [0.05, 0.1) is 11.4 Å². The molecular weight excluding hydrogens is 240 g/mol. The summed E-state index contributed by atoms with van der Waals surface area (Å²) >= 11 is 6.05. The van der Waals surface area contributed by atoms with Gasteiger partial charge in [0.15, 0.2) is 0 Å². The van der Waals surface area contributed by atoms with Gasteiger partial charge in [0.2, 0.25) is 0 Å². The second kappa shape index (κ2) is 4.22. The SMILES string of the molecule is Cc1ccccc1-n1nc(C)c(C(=O)O)c1Cl. The van der Waals surface area contributed by atoms with Gasteiger partial charge in [-0.25, -0.2) is 9.48 Å². The highest BCUT2D eigenvalue weighted by molar-refractivity contribution is 6.32. The number of halogens is 1. The van der Waals surface area contributed by atoms with Crippen molar-refractivity contribution < 1.29 is 9.90 Å². The molecule has 0 aliphatic rings. The van der Waals surface area contributed by atoms with Gasteiger partial charge in [-0.1, -0.05) is 29.8 Å². The van der Waals surface area contributed by atoms with Gasteiger partial charge in [0.1, 0.15) is 10.7 Å². The molecule has 0 radical (unpaired) electrons. The number of aromatic carboxylic acids is 1. The fourth-order valence-corrected chi connectivity index (χ4v) is 2.05. The zero-order chi connectivity index (χ0) is 12.6. The normalized spacial score (nSPS) is 10.5. The number of carboxylic acids is 1. The molecule has 0 aliphatic carbocycles. The highest BCUT2D eigenvalue weighted by Crippen LogP contribution is 2.24. The molecule has 1 aromatic heterocycles. The first kappa shape index (κ1) is 11.7. The number of carbonyl (C=O) groups is 1. The van der Waals surface area contributed by atoms with Crippen LogP contribution in [0.5, 0.6) is 0 Å². The summed E-state index contributed by atoms with van der Waals surface area (Å²) in [6.07, 6.45) is 0. The van der Waals surface area contributed by atoms with Crippen LogP contribution < -0.4 is 0 Å². The van der Waals surface area contributed by atoms with Gasteiger partial charge in [0.25, 0.3) is 0 Å². The summed E-state index contributed by atoms with van der Waals surface area (Å²) in [5.41, 5.74) is 2.22. The maximum absolute atomic E-state index is 11.0. The van der Waals surface area contributed by atoms with Crippen LogP contribution in [0.25, 0.3) is 5.69 Å². The fraction of sp³-hybridized carbons (Fsp3) is 0.167. The summed E-state index contributed by atoms with van der Waals surface area (Å²) < 4.78 is 1.45. The van der Waals surface area contributed by atoms with E-state index in [1.54, 1.807) is 6.92 Å². The van der Waals surface area contributed by atoms with E-state index >= 15 is 0 Å². The second-order valence-corrected chi connectivity index (χ2v) is 4.11. The van der Waals surface area contributed by atoms with Gasteiger partial charge < -0.3 is 5.11 Å². The van der Waals surface area contributed by atoms with Crippen LogP contribution in [-0.2, 0) is 0 Å². The maximum Gasteiger partial charge on any atom is 0.340 e. The van der Waals surface area contributed by atoms with Crippen LogP contribution in [-0.4, -0.2) is 20.9 Å². The first-order valence-electron chi connectivity index (χ1n) is 5.06. The van der Waals surface area contributed by atoms with Gasteiger partial charge in [0, 0.05) is 0 Å². The number of aryl methyl sites for hydroxylation is 2. The first-order valence-corrected chi connectivity index (χ1v) is 5.44. The Morgan fingerprint density at radius 2 is 2.00 bits per heavy atom. The van der Waals surface area contributed by atoms with Crippen molar-refractivity contribution >= 4 is 17.6 Å². The number of nitrogens with zero attached hydrogens (tertiary/aromatic N) is 2. The molecule has 0 saturated heterocycles. The molecule has 0 spiro atoms. The topological polar surface area (TPSA) is 55.1 Å². The summed E-state index contributed by atoms with van der Waals surface area (Å²) in [4.78, 5) is 11.0. The summed E-state index contributed by atoms with van der Waals surface area (Å²) in [6, 6.07) is 7.53. The quantitative estimate of drug-likeness (QED) is 0.892. The highest BCUT2D eigenvalue weighted by atomic mass is 35.5. The third-order valence-electron chi connectivity index (χ3n) is 2.56. The lowest BCUT2D eigenvalue weighted by atomic mass is 10.2. The highest BCUT2D eigenvalue weighted by Gasteiger charge is 2.20. The van der Waals surface area contributed by atoms with Crippen LogP contribution in [0.4, 0.5) is 0 Å². The molecule has 1 aromatic carbocycles. The molecular formula is C12H11ClN2O2. The molecule has 0 amide bonds. The summed E-state index contributed by atoms with van der Waals surface area (Å²) in [7, 11) is 0. The van der Waals surface area contributed by atoms with Gasteiger partial charge in [-0.15, -0.1) is 0 Å². The molecule has 0 unspecified atom stereocenters. The lowest BCUT2D eigenvalue weighted by Crippen LogP contribution is -2.00. The Labute approximate surface area is 103 Å². The molecule has 2 aromatic rings. The molecule has 1 heterocycles. The van der Waals surface area contributed by atoms with E-state index in [4.69, 9.17) is 16.7 Å². The van der Waals surface area contributed by atoms with Crippen molar-refractivity contribution in [3.63, 3.8) is 0 Å². The van der Waals surface area contributed by atoms with Crippen LogP contribution in [0.2, 0.25) is 5.15 Å². The van der Waals surface area contributed by atoms with Crippen LogP contribution in [0, 0.1) is 13.8 Å². The summed E-state index contributed by atoms with van der Waals surface area (Å²) in [5, 5.41) is 13.3. The van der Waals surface area contributed by atoms with Crippen molar-refractivity contribution in [3.8, 4) is 5.69 Å². The number of hydrogen-bond acceptors (Lipinski definition) is 2. The molecule has 88 valence electrons. The number of hydrogen-bond donors (Lipinski definition) is 1. The first-order chi connectivity index (χ1) is 8.02. The summed E-state index contributed by atoms with van der Waals surface area (Å²) in [6.45, 7) is 3.55. The van der Waals surface area contributed by atoms with E-state index in [1.807, 2.05) is 31.2 Å². The van der Waals surface area contributed by atoms with E-state index in [-0.39, 0.29) is 10.7 Å². The number of aromatic nitrogens is 2. The number of para-hydroxylation sites is 1. The van der Waals surface area contributed by atoms with Crippen molar-refractivity contribution in [1.82, 2.24) is 9.78 Å². The minimum absolute atomic E-state index is 0.0509. The Hall–Kier alpha value is -1.81. The predicted molar refractivity (Wildman–Crippen MR) is 65.0 cm³/mol. The third kappa shape index (κ3) is 1.91. The van der Waals surface area contributed by atoms with E-state index in [0.29, 0.717) is 5.69 Å². The third-order valence-corrected chi connectivity index (χ3v) is 2.91. The van der Waals surface area contributed by atoms with E-state index in [0.717, 1.165) is 11.3 Å². The molecule has 5 heteroatoms. The van der Waals surface area contributed by atoms with Gasteiger partial charge in [-0.05, 0) is 25.5 Å². The predicted octanol–water partition coefficient (Wildman–Crippen LogP) is 2.84. The maximum atomic E-state index is 11.0. The lowest BCUT2D eigenvalue weighted by molar-refractivity contribution is 0.0696. The zero-order valence-electron chi connectivity index (χ0n) is 9.44. The molecule has 1 N–H and O–H groups in total. The van der Waals surface area contributed by atoms with E-state index in [2.05, 4.69) is 5.10 Å². The van der Waals surface area contributed by atoms with Gasteiger partial charge >= 0.3 is 5.97 Å². The molecule has 0 fully saturated rings. The van der Waals surface area contributed by atoms with Crippen molar-refractivity contribution in [2.45, 2.75) is 13.8 Å². The van der Waals surface area contributed by atoms with Crippen molar-refractivity contribution in [2.75, 3.05) is 0 Å². The minimum Gasteiger partial charge on any atom is -0.478 e. The number of rotatable bonds is 2. The molecule has 17 heavy (non-hydrogen) atoms. The molecule has 2 rings (SSSR count). The monoisotopic (exact) mass is 250 g/mol. The van der Waals surface area contributed by atoms with E-state index < -0.39 is 5.97 Å². The number of benzene rings is 1. The van der Waals surface area contributed by atoms with Crippen LogP contribution >= 0.6 is 11.6 Å². The van der Waals surface area contributed by atoms with Crippen LogP contribution in [0.15, 0.2) is 24.3 Å². The molecule has 0 bridgehead atoms. The van der Waals surface area contributed by atoms with E-state index in [9.17, 15) is 4.79 Å². The van der Waals surface area contributed by atoms with Crippen molar-refractivity contribution in [1.29, 1.82) is 0 Å². The van der Waals surface area contributed by atoms with Crippen molar-refractivity contribution in [3.05, 3.63) is 46.2 Å². The van der Waals surface area contributed by atoms with Gasteiger partial charge in [-0.2, -0.15) is 5.10 Å². The average Bonchev–Trinajstić information content (AvgIpc) is 2.55. The Morgan fingerprint density at radius 1 is 1.35 bits per heavy atom. The van der Waals surface area contributed by atoms with Crippen LogP contribution in [0.1, 0.15) is 21.6 Å². The minimum atomic E-state index is -1.06. The Bertz CT molecular complexity index is 590. The number of carboxylic acid groups (broad SMARTS) is 1. The summed E-state index contributed by atoms with van der Waals surface area (Å²) in [5.74, 6) is -1.06. The molecule has 0 atom stereocenters. The second-order valence-electron chi connectivity index (χ2n) is 3.75. The fourth-order valence-electron chi connectivity index (χ4n) is 1.70. The Kier molecular flexibility index (Phi) is 2.90. The smallest absolute Gasteiger partial charge is 0.340 e. The lowest BCUT2D eigenvalue weighted by Gasteiger charge is -2.06. The molecule has 4 nitrogen and oxygen atoms in total. The van der Waals surface area contributed by atoms with Crippen molar-refractivity contribution in [2.24, 2.45) is 0 Å². The van der Waals surface area contributed by atoms with Gasteiger partial charge in [-0.3, -0.25) is 0 Å². The zero-order valence-corrected chi connectivity index (χ0v) is 10.2. The van der Waals surface area contributed by atoms with E-state index in [1.165, 1.54) is 4.68 Å². The molecule has 0 aliphatic heterocycles. The Morgan fingerprint density at radius 3 is 2.53 bits per heavy atom. The largest absolute Gasteiger partial charge is 0.478 e.